The maximum Gasteiger partial charge on any atom is 0.407 e. The molecule has 10 heteroatoms. The Kier molecular flexibility index (Phi) is 13.4. The molecule has 4 aromatic carbocycles. The lowest BCUT2D eigenvalue weighted by Crippen LogP contribution is -2.40. The summed E-state index contributed by atoms with van der Waals surface area (Å²) in [5, 5.41) is 2.86. The van der Waals surface area contributed by atoms with Crippen LogP contribution in [0.25, 0.3) is 45.0 Å². The fourth-order valence-electron chi connectivity index (χ4n) is 7.70. The van der Waals surface area contributed by atoms with Gasteiger partial charge in [-0.25, -0.2) is 24.7 Å². The monoisotopic (exact) mass is 816 g/mol. The number of aryl methyl sites for hydroxylation is 6. The number of rotatable bonds is 9. The minimum Gasteiger partial charge on any atom is -0.444 e. The number of benzene rings is 4. The summed E-state index contributed by atoms with van der Waals surface area (Å²) in [6.45, 7) is 18.4. The van der Waals surface area contributed by atoms with Gasteiger partial charge in [-0.3, -0.25) is 0 Å². The van der Waals surface area contributed by atoms with Gasteiger partial charge in [0.2, 0.25) is 0 Å². The molecule has 0 spiro atoms. The van der Waals surface area contributed by atoms with Crippen LogP contribution in [0.1, 0.15) is 67.3 Å². The Morgan fingerprint density at radius 1 is 0.574 bits per heavy atom. The molecule has 8 rings (SSSR count). The summed E-state index contributed by atoms with van der Waals surface area (Å²) in [5.74, 6) is 1.90. The van der Waals surface area contributed by atoms with Crippen LogP contribution in [0, 0.1) is 27.7 Å². The summed E-state index contributed by atoms with van der Waals surface area (Å²) >= 11 is 0. The summed E-state index contributed by atoms with van der Waals surface area (Å²) in [7, 11) is 0. The molecule has 4 heterocycles. The Balaban J connectivity index is 0.000000189. The van der Waals surface area contributed by atoms with E-state index in [0.29, 0.717) is 19.6 Å². The fraction of sp³-hybridized carbons (Fsp3) is 0.353. The van der Waals surface area contributed by atoms with E-state index in [1.54, 1.807) is 0 Å². The van der Waals surface area contributed by atoms with Crippen molar-refractivity contribution in [3.05, 3.63) is 131 Å². The van der Waals surface area contributed by atoms with Gasteiger partial charge in [0.1, 0.15) is 5.60 Å². The van der Waals surface area contributed by atoms with Gasteiger partial charge in [-0.15, -0.1) is 0 Å². The molecule has 2 aliphatic rings. The van der Waals surface area contributed by atoms with Crippen LogP contribution in [0.4, 0.5) is 16.4 Å². The Morgan fingerprint density at radius 3 is 1.26 bits per heavy atom. The molecule has 0 aliphatic carbocycles. The van der Waals surface area contributed by atoms with Gasteiger partial charge in [0.25, 0.3) is 0 Å². The average Bonchev–Trinajstić information content (AvgIpc) is 3.24. The lowest BCUT2D eigenvalue weighted by Gasteiger charge is -2.30. The standard InChI is InChI=1S/C28H34N4O2.C23H26N4/c1-19-8-12-21(13-9-19)24-25(22-14-10-20(2)11-15-22)31-26-23(30-24)7-6-17-32(26)18-16-29-27(33)34-28(3,4)5;1-16-5-9-18(10-6-16)21-22(19-11-7-17(2)8-12-19)26-23-20(25-21)4-3-14-27(23)15-13-24/h8-15H,6-7,16-18H2,1-5H3,(H,29,33);5-12H,3-4,13-15,24H2,1-2H3. The Hall–Kier alpha value is -6.13. The Morgan fingerprint density at radius 2 is 0.918 bits per heavy atom. The molecule has 0 fully saturated rings. The number of alkyl carbamates (subject to hydrolysis) is 1. The normalized spacial score (nSPS) is 13.4. The topological polar surface area (TPSA) is 122 Å². The van der Waals surface area contributed by atoms with Crippen molar-refractivity contribution in [3.63, 3.8) is 0 Å². The quantitative estimate of drug-likeness (QED) is 0.147. The molecule has 2 aliphatic heterocycles. The van der Waals surface area contributed by atoms with E-state index in [1.807, 2.05) is 20.8 Å². The van der Waals surface area contributed by atoms with Crippen LogP contribution in [-0.2, 0) is 17.6 Å². The number of ether oxygens (including phenoxy) is 1. The van der Waals surface area contributed by atoms with Crippen molar-refractivity contribution in [2.45, 2.75) is 79.8 Å². The molecule has 0 radical (unpaired) electrons. The molecular weight excluding hydrogens is 757 g/mol. The van der Waals surface area contributed by atoms with Crippen molar-refractivity contribution in [1.29, 1.82) is 0 Å². The van der Waals surface area contributed by atoms with E-state index in [-0.39, 0.29) is 0 Å². The highest BCUT2D eigenvalue weighted by Crippen LogP contribution is 2.36. The number of hydrogen-bond acceptors (Lipinski definition) is 9. The van der Waals surface area contributed by atoms with Gasteiger partial charge in [-0.1, -0.05) is 119 Å². The van der Waals surface area contributed by atoms with Gasteiger partial charge in [0.15, 0.2) is 11.6 Å². The number of aromatic nitrogens is 4. The van der Waals surface area contributed by atoms with E-state index < -0.39 is 11.7 Å². The molecule has 0 atom stereocenters. The predicted molar refractivity (Wildman–Crippen MR) is 249 cm³/mol. The van der Waals surface area contributed by atoms with Gasteiger partial charge in [-0.2, -0.15) is 0 Å². The number of amides is 1. The second-order valence-electron chi connectivity index (χ2n) is 17.2. The molecule has 0 unspecified atom stereocenters. The highest BCUT2D eigenvalue weighted by Gasteiger charge is 2.26. The van der Waals surface area contributed by atoms with E-state index in [9.17, 15) is 4.79 Å². The Labute approximate surface area is 361 Å². The zero-order valence-corrected chi connectivity index (χ0v) is 36.9. The van der Waals surface area contributed by atoms with Crippen LogP contribution in [0.15, 0.2) is 97.1 Å². The van der Waals surface area contributed by atoms with E-state index in [0.717, 1.165) is 113 Å². The van der Waals surface area contributed by atoms with E-state index >= 15 is 0 Å². The number of anilines is 2. The second-order valence-corrected chi connectivity index (χ2v) is 17.2. The van der Waals surface area contributed by atoms with E-state index in [4.69, 9.17) is 30.4 Å². The molecule has 10 nitrogen and oxygen atoms in total. The highest BCUT2D eigenvalue weighted by atomic mass is 16.6. The van der Waals surface area contributed by atoms with Crippen molar-refractivity contribution in [1.82, 2.24) is 25.3 Å². The summed E-state index contributed by atoms with van der Waals surface area (Å²) in [6.07, 6.45) is 3.57. The molecule has 0 saturated heterocycles. The maximum atomic E-state index is 12.1. The van der Waals surface area contributed by atoms with Crippen LogP contribution in [0.2, 0.25) is 0 Å². The lowest BCUT2D eigenvalue weighted by molar-refractivity contribution is 0.0529. The van der Waals surface area contributed by atoms with Crippen molar-refractivity contribution in [2.24, 2.45) is 5.73 Å². The van der Waals surface area contributed by atoms with Crippen LogP contribution in [0.3, 0.4) is 0 Å². The van der Waals surface area contributed by atoms with Gasteiger partial charge < -0.3 is 25.6 Å². The van der Waals surface area contributed by atoms with Gasteiger partial charge in [0, 0.05) is 61.5 Å². The van der Waals surface area contributed by atoms with Crippen molar-refractivity contribution < 1.29 is 9.53 Å². The molecule has 3 N–H and O–H groups in total. The summed E-state index contributed by atoms with van der Waals surface area (Å²) in [4.78, 5) is 37.1. The summed E-state index contributed by atoms with van der Waals surface area (Å²) in [5.41, 5.74) is 20.4. The van der Waals surface area contributed by atoms with E-state index in [2.05, 4.69) is 140 Å². The minimum absolute atomic E-state index is 0.397. The number of nitrogens with two attached hydrogens (primary N) is 1. The van der Waals surface area contributed by atoms with Crippen molar-refractivity contribution in [3.8, 4) is 45.0 Å². The first-order chi connectivity index (χ1) is 29.3. The second kappa shape index (κ2) is 19.1. The predicted octanol–water partition coefficient (Wildman–Crippen LogP) is 9.84. The minimum atomic E-state index is -0.511. The molecule has 0 bridgehead atoms. The molecule has 316 valence electrons. The molecule has 0 saturated carbocycles. The van der Waals surface area contributed by atoms with Crippen LogP contribution in [0.5, 0.6) is 0 Å². The Bertz CT molecular complexity index is 2420. The number of nitrogens with one attached hydrogen (secondary N) is 1. The summed E-state index contributed by atoms with van der Waals surface area (Å²) in [6, 6.07) is 34.0. The third-order valence-electron chi connectivity index (χ3n) is 10.9. The number of nitrogens with zero attached hydrogens (tertiary/aromatic N) is 6. The zero-order chi connectivity index (χ0) is 43.1. The first-order valence-electron chi connectivity index (χ1n) is 21.6. The van der Waals surface area contributed by atoms with Gasteiger partial charge >= 0.3 is 6.09 Å². The number of fused-ring (bicyclic) bond motifs is 2. The van der Waals surface area contributed by atoms with Crippen molar-refractivity contribution in [2.75, 3.05) is 49.1 Å². The number of carbonyl (C=O) groups excluding carboxylic acids is 1. The van der Waals surface area contributed by atoms with E-state index in [1.165, 1.54) is 22.3 Å². The molecule has 61 heavy (non-hydrogen) atoms. The van der Waals surface area contributed by atoms with Gasteiger partial charge in [0.05, 0.1) is 34.2 Å². The number of carbonyl (C=O) groups is 1. The molecule has 6 aromatic rings. The SMILES string of the molecule is Cc1ccc(-c2nc3c(nc2-c2ccc(C)cc2)N(CCN)CCC3)cc1.Cc1ccc(-c2nc3c(nc2-c2ccc(C)cc2)N(CCNC(=O)OC(C)(C)C)CCC3)cc1. The van der Waals surface area contributed by atoms with Crippen LogP contribution in [-0.4, -0.2) is 70.9 Å². The van der Waals surface area contributed by atoms with Crippen LogP contribution >= 0.6 is 0 Å². The first-order valence-corrected chi connectivity index (χ1v) is 21.6. The lowest BCUT2D eigenvalue weighted by atomic mass is 10.0. The smallest absolute Gasteiger partial charge is 0.407 e. The first kappa shape index (κ1) is 43.0. The zero-order valence-electron chi connectivity index (χ0n) is 36.9. The highest BCUT2D eigenvalue weighted by molar-refractivity contribution is 5.81. The largest absolute Gasteiger partial charge is 0.444 e. The number of hydrogen-bond donors (Lipinski definition) is 2. The molecule has 2 aromatic heterocycles. The van der Waals surface area contributed by atoms with Crippen LogP contribution < -0.4 is 20.9 Å². The third-order valence-corrected chi connectivity index (χ3v) is 10.9. The summed E-state index contributed by atoms with van der Waals surface area (Å²) < 4.78 is 5.36. The van der Waals surface area contributed by atoms with Crippen molar-refractivity contribution >= 4 is 17.7 Å². The maximum absolute atomic E-state index is 12.1. The average molecular weight is 817 g/mol. The van der Waals surface area contributed by atoms with Gasteiger partial charge in [-0.05, 0) is 74.1 Å². The fourth-order valence-corrected chi connectivity index (χ4v) is 7.70. The molecule has 1 amide bonds. The third kappa shape index (κ3) is 10.8. The molecular formula is C51H60N8O2.